The number of carbonyl (C=O) groups excluding carboxylic acids is 1. The molecule has 0 bridgehead atoms. The van der Waals surface area contributed by atoms with Crippen molar-refractivity contribution in [2.45, 2.75) is 44.3 Å². The molecule has 1 atom stereocenters. The lowest BCUT2D eigenvalue weighted by atomic mass is 10.1. The van der Waals surface area contributed by atoms with Gasteiger partial charge in [-0.3, -0.25) is 0 Å². The molecule has 0 spiro atoms. The second-order valence-electron chi connectivity index (χ2n) is 6.72. The van der Waals surface area contributed by atoms with Crippen LogP contribution in [0.5, 0.6) is 0 Å². The molecule has 2 fully saturated rings. The molecule has 3 heterocycles. The first-order valence-corrected chi connectivity index (χ1v) is 8.91. The van der Waals surface area contributed by atoms with Gasteiger partial charge in [-0.1, -0.05) is 0 Å². The van der Waals surface area contributed by atoms with Gasteiger partial charge in [0.25, 0.3) is 0 Å². The first-order chi connectivity index (χ1) is 12.3. The van der Waals surface area contributed by atoms with E-state index in [2.05, 4.69) is 20.2 Å². The maximum absolute atomic E-state index is 12.8. The van der Waals surface area contributed by atoms with Crippen LogP contribution >= 0.6 is 0 Å². The highest BCUT2D eigenvalue weighted by molar-refractivity contribution is 5.75. The maximum Gasteiger partial charge on any atom is 0.318 e. The zero-order valence-electron chi connectivity index (χ0n) is 14.2. The minimum Gasteiger partial charge on any atom is -0.467 e. The van der Waals surface area contributed by atoms with Crippen LogP contribution in [-0.2, 0) is 6.54 Å². The molecule has 7 heteroatoms. The first-order valence-electron chi connectivity index (χ1n) is 8.91. The van der Waals surface area contributed by atoms with Gasteiger partial charge in [0.1, 0.15) is 5.76 Å². The van der Waals surface area contributed by atoms with E-state index in [0.717, 1.165) is 50.5 Å². The molecule has 2 aromatic rings. The highest BCUT2D eigenvalue weighted by atomic mass is 16.3. The van der Waals surface area contributed by atoms with Crippen molar-refractivity contribution in [3.8, 4) is 0 Å². The van der Waals surface area contributed by atoms with Crippen LogP contribution < -0.4 is 10.2 Å². The van der Waals surface area contributed by atoms with E-state index < -0.39 is 0 Å². The Morgan fingerprint density at radius 1 is 1.28 bits per heavy atom. The standard InChI is InChI=1S/C18H23N5O2/c24-18(23(15-6-7-15)13-16-5-2-11-25-16)21-14-4-1-10-22(12-14)17-19-8-3-9-20-17/h2-3,5,8-9,11,14-15H,1,4,6-7,10,12-13H2,(H,21,24)/t14-/m0/s1. The van der Waals surface area contributed by atoms with E-state index in [9.17, 15) is 4.79 Å². The Morgan fingerprint density at radius 2 is 2.12 bits per heavy atom. The number of anilines is 1. The second kappa shape index (κ2) is 7.13. The summed E-state index contributed by atoms with van der Waals surface area (Å²) < 4.78 is 5.41. The highest BCUT2D eigenvalue weighted by Crippen LogP contribution is 2.28. The molecule has 1 N–H and O–H groups in total. The maximum atomic E-state index is 12.8. The smallest absolute Gasteiger partial charge is 0.318 e. The van der Waals surface area contributed by atoms with Gasteiger partial charge < -0.3 is 19.5 Å². The number of amides is 2. The van der Waals surface area contributed by atoms with E-state index in [1.165, 1.54) is 0 Å². The summed E-state index contributed by atoms with van der Waals surface area (Å²) in [7, 11) is 0. The van der Waals surface area contributed by atoms with Crippen LogP contribution in [0.3, 0.4) is 0 Å². The topological polar surface area (TPSA) is 74.5 Å². The van der Waals surface area contributed by atoms with Gasteiger partial charge in [-0.2, -0.15) is 0 Å². The highest BCUT2D eigenvalue weighted by Gasteiger charge is 2.34. The quantitative estimate of drug-likeness (QED) is 0.904. The predicted octanol–water partition coefficient (Wildman–Crippen LogP) is 2.41. The lowest BCUT2D eigenvalue weighted by Crippen LogP contribution is -2.52. The number of hydrogen-bond donors (Lipinski definition) is 1. The summed E-state index contributed by atoms with van der Waals surface area (Å²) in [4.78, 5) is 25.5. The number of nitrogens with zero attached hydrogens (tertiary/aromatic N) is 4. The van der Waals surface area contributed by atoms with Crippen molar-refractivity contribution in [3.63, 3.8) is 0 Å². The Kier molecular flexibility index (Phi) is 4.54. The van der Waals surface area contributed by atoms with Crippen molar-refractivity contribution < 1.29 is 9.21 Å². The summed E-state index contributed by atoms with van der Waals surface area (Å²) in [6.07, 6.45) is 9.30. The number of hydrogen-bond acceptors (Lipinski definition) is 5. The third-order valence-electron chi connectivity index (χ3n) is 4.74. The fourth-order valence-electron chi connectivity index (χ4n) is 3.31. The van der Waals surface area contributed by atoms with E-state index in [0.29, 0.717) is 12.6 Å². The Balaban J connectivity index is 1.37. The molecular formula is C18H23N5O2. The monoisotopic (exact) mass is 341 g/mol. The molecule has 2 aromatic heterocycles. The molecule has 2 amide bonds. The molecule has 1 saturated heterocycles. The summed E-state index contributed by atoms with van der Waals surface area (Å²) in [6, 6.07) is 6.04. The summed E-state index contributed by atoms with van der Waals surface area (Å²) >= 11 is 0. The number of carbonyl (C=O) groups is 1. The molecule has 1 aliphatic heterocycles. The molecule has 0 radical (unpaired) electrons. The number of furan rings is 1. The van der Waals surface area contributed by atoms with Crippen molar-refractivity contribution in [2.24, 2.45) is 0 Å². The van der Waals surface area contributed by atoms with E-state index in [-0.39, 0.29) is 12.1 Å². The van der Waals surface area contributed by atoms with Crippen molar-refractivity contribution in [1.82, 2.24) is 20.2 Å². The number of rotatable bonds is 5. The van der Waals surface area contributed by atoms with Gasteiger partial charge in [-0.25, -0.2) is 14.8 Å². The molecule has 7 nitrogen and oxygen atoms in total. The van der Waals surface area contributed by atoms with Crippen LogP contribution in [0.2, 0.25) is 0 Å². The summed E-state index contributed by atoms with van der Waals surface area (Å²) in [6.45, 7) is 2.20. The summed E-state index contributed by atoms with van der Waals surface area (Å²) in [5.41, 5.74) is 0. The first kappa shape index (κ1) is 15.9. The van der Waals surface area contributed by atoms with Crippen LogP contribution in [0.1, 0.15) is 31.4 Å². The molecule has 0 unspecified atom stereocenters. The van der Waals surface area contributed by atoms with Crippen molar-refractivity contribution in [2.75, 3.05) is 18.0 Å². The minimum atomic E-state index is -0.000250. The average Bonchev–Trinajstić information content (AvgIpc) is 3.36. The molecule has 0 aromatic carbocycles. The van der Waals surface area contributed by atoms with Gasteiger partial charge in [0.2, 0.25) is 5.95 Å². The largest absolute Gasteiger partial charge is 0.467 e. The Morgan fingerprint density at radius 3 is 2.84 bits per heavy atom. The predicted molar refractivity (Wildman–Crippen MR) is 93.1 cm³/mol. The van der Waals surface area contributed by atoms with Gasteiger partial charge >= 0.3 is 6.03 Å². The number of piperidine rings is 1. The van der Waals surface area contributed by atoms with E-state index >= 15 is 0 Å². The molecule has 25 heavy (non-hydrogen) atoms. The Bertz CT molecular complexity index is 687. The zero-order valence-corrected chi connectivity index (χ0v) is 14.2. The van der Waals surface area contributed by atoms with Crippen LogP contribution in [0, 0.1) is 0 Å². The second-order valence-corrected chi connectivity index (χ2v) is 6.72. The van der Waals surface area contributed by atoms with Crippen molar-refractivity contribution in [3.05, 3.63) is 42.6 Å². The van der Waals surface area contributed by atoms with Gasteiger partial charge in [0.15, 0.2) is 0 Å². The molecule has 2 aliphatic rings. The average molecular weight is 341 g/mol. The fourth-order valence-corrected chi connectivity index (χ4v) is 3.31. The molecule has 1 aliphatic carbocycles. The van der Waals surface area contributed by atoms with Crippen molar-refractivity contribution in [1.29, 1.82) is 0 Å². The molecule has 4 rings (SSSR count). The molecule has 132 valence electrons. The molecule has 1 saturated carbocycles. The number of urea groups is 1. The van der Waals surface area contributed by atoms with E-state index in [1.807, 2.05) is 23.1 Å². The van der Waals surface area contributed by atoms with Gasteiger partial charge in [-0.05, 0) is 43.9 Å². The third-order valence-corrected chi connectivity index (χ3v) is 4.74. The van der Waals surface area contributed by atoms with Crippen LogP contribution in [0.4, 0.5) is 10.7 Å². The van der Waals surface area contributed by atoms with Crippen LogP contribution in [-0.4, -0.2) is 46.1 Å². The third kappa shape index (κ3) is 3.92. The van der Waals surface area contributed by atoms with Crippen LogP contribution in [0.15, 0.2) is 41.3 Å². The summed E-state index contributed by atoms with van der Waals surface area (Å²) in [5, 5.41) is 3.20. The molecular weight excluding hydrogens is 318 g/mol. The lowest BCUT2D eigenvalue weighted by Gasteiger charge is -2.34. The normalized spacial score (nSPS) is 20.3. The lowest BCUT2D eigenvalue weighted by molar-refractivity contribution is 0.181. The van der Waals surface area contributed by atoms with E-state index in [4.69, 9.17) is 4.42 Å². The van der Waals surface area contributed by atoms with Gasteiger partial charge in [0.05, 0.1) is 12.8 Å². The number of nitrogens with one attached hydrogen (secondary N) is 1. The van der Waals surface area contributed by atoms with Gasteiger partial charge in [0, 0.05) is 37.6 Å². The number of aromatic nitrogens is 2. The Labute approximate surface area is 147 Å². The van der Waals surface area contributed by atoms with E-state index in [1.54, 1.807) is 18.7 Å². The minimum absolute atomic E-state index is 0.000250. The zero-order chi connectivity index (χ0) is 17.1. The van der Waals surface area contributed by atoms with Crippen molar-refractivity contribution >= 4 is 12.0 Å². The Hall–Kier alpha value is -2.57. The van der Waals surface area contributed by atoms with Crippen LogP contribution in [0.25, 0.3) is 0 Å². The SMILES string of the molecule is O=C(N[C@H]1CCCN(c2ncccn2)C1)N(Cc1ccco1)C1CC1. The van der Waals surface area contributed by atoms with Gasteiger partial charge in [-0.15, -0.1) is 0 Å². The summed E-state index contributed by atoms with van der Waals surface area (Å²) in [5.74, 6) is 1.56. The fraction of sp³-hybridized carbons (Fsp3) is 0.500.